The molecule has 1 saturated heterocycles. The Bertz CT molecular complexity index is 1080. The molecule has 3 aromatic rings. The first-order chi connectivity index (χ1) is 16.6. The number of aromatic nitrogens is 2. The lowest BCUT2D eigenvalue weighted by Gasteiger charge is -2.36. The predicted octanol–water partition coefficient (Wildman–Crippen LogP) is 3.41. The normalized spacial score (nSPS) is 13.6. The van der Waals surface area contributed by atoms with Gasteiger partial charge in [-0.05, 0) is 54.3 Å². The van der Waals surface area contributed by atoms with Crippen LogP contribution in [0.4, 0.5) is 5.82 Å². The fourth-order valence-electron chi connectivity index (χ4n) is 3.94. The van der Waals surface area contributed by atoms with Crippen molar-refractivity contribution in [3.63, 3.8) is 0 Å². The first-order valence-corrected chi connectivity index (χ1v) is 12.3. The lowest BCUT2D eigenvalue weighted by Crippen LogP contribution is -2.52. The maximum atomic E-state index is 12.9. The van der Waals surface area contributed by atoms with Gasteiger partial charge in [0.2, 0.25) is 5.91 Å². The lowest BCUT2D eigenvalue weighted by molar-refractivity contribution is -0.132. The molecule has 34 heavy (non-hydrogen) atoms. The van der Waals surface area contributed by atoms with Gasteiger partial charge in [0.25, 0.3) is 5.91 Å². The van der Waals surface area contributed by atoms with Crippen LogP contribution < -0.4 is 9.64 Å². The molecule has 4 rings (SSSR count). The van der Waals surface area contributed by atoms with Gasteiger partial charge in [-0.25, -0.2) is 0 Å². The van der Waals surface area contributed by atoms with E-state index in [0.29, 0.717) is 37.6 Å². The van der Waals surface area contributed by atoms with Crippen molar-refractivity contribution in [1.29, 1.82) is 0 Å². The lowest BCUT2D eigenvalue weighted by atomic mass is 10.1. The topological polar surface area (TPSA) is 78.9 Å². The SMILES string of the molecule is CCCN(CC(=O)N1CCN(c2ccc(-c3ccc(OC)cc3)nn2)CC1)C(=O)c1cccs1. The molecule has 178 valence electrons. The Morgan fingerprint density at radius 2 is 1.79 bits per heavy atom. The molecule has 0 aliphatic carbocycles. The van der Waals surface area contributed by atoms with E-state index in [2.05, 4.69) is 15.1 Å². The number of carbonyl (C=O) groups excluding carboxylic acids is 2. The number of piperazine rings is 1. The second-order valence-electron chi connectivity index (χ2n) is 8.08. The van der Waals surface area contributed by atoms with Crippen molar-refractivity contribution < 1.29 is 14.3 Å². The molecule has 8 nitrogen and oxygen atoms in total. The summed E-state index contributed by atoms with van der Waals surface area (Å²) in [6.45, 7) is 5.23. The van der Waals surface area contributed by atoms with Gasteiger partial charge >= 0.3 is 0 Å². The molecule has 0 bridgehead atoms. The third-order valence-electron chi connectivity index (χ3n) is 5.83. The highest BCUT2D eigenvalue weighted by molar-refractivity contribution is 7.12. The van der Waals surface area contributed by atoms with E-state index in [1.54, 1.807) is 18.1 Å². The van der Waals surface area contributed by atoms with Gasteiger partial charge in [0.1, 0.15) is 12.3 Å². The molecule has 9 heteroatoms. The van der Waals surface area contributed by atoms with Crippen LogP contribution in [0.25, 0.3) is 11.3 Å². The smallest absolute Gasteiger partial charge is 0.264 e. The summed E-state index contributed by atoms with van der Waals surface area (Å²) in [7, 11) is 1.64. The number of amides is 2. The molecule has 1 fully saturated rings. The van der Waals surface area contributed by atoms with Crippen LogP contribution in [-0.2, 0) is 4.79 Å². The Hall–Kier alpha value is -3.46. The molecule has 2 amide bonds. The van der Waals surface area contributed by atoms with Gasteiger partial charge in [-0.2, -0.15) is 0 Å². The van der Waals surface area contributed by atoms with Gasteiger partial charge in [0, 0.05) is 38.3 Å². The number of ether oxygens (including phenoxy) is 1. The number of nitrogens with zero attached hydrogens (tertiary/aromatic N) is 5. The molecule has 0 atom stereocenters. The molecule has 0 N–H and O–H groups in total. The van der Waals surface area contributed by atoms with Gasteiger partial charge in [0.05, 0.1) is 17.7 Å². The minimum absolute atomic E-state index is 0.0149. The summed E-state index contributed by atoms with van der Waals surface area (Å²) in [6.07, 6.45) is 0.809. The summed E-state index contributed by atoms with van der Waals surface area (Å²) in [4.78, 5) is 32.0. The van der Waals surface area contributed by atoms with Crippen LogP contribution in [0.1, 0.15) is 23.0 Å². The third-order valence-corrected chi connectivity index (χ3v) is 6.69. The van der Waals surface area contributed by atoms with Crippen molar-refractivity contribution >= 4 is 29.0 Å². The van der Waals surface area contributed by atoms with Gasteiger partial charge in [-0.3, -0.25) is 9.59 Å². The minimum atomic E-state index is -0.0731. The van der Waals surface area contributed by atoms with Gasteiger partial charge < -0.3 is 19.4 Å². The standard InChI is InChI=1S/C25H29N5O3S/c1-3-12-30(25(32)22-5-4-17-34-22)18-24(31)29-15-13-28(14-16-29)23-11-10-21(26-27-23)19-6-8-20(33-2)9-7-19/h4-11,17H,3,12-16,18H2,1-2H3. The van der Waals surface area contributed by atoms with Crippen LogP contribution in [-0.4, -0.2) is 78.2 Å². The largest absolute Gasteiger partial charge is 0.497 e. The van der Waals surface area contributed by atoms with E-state index in [4.69, 9.17) is 4.74 Å². The molecule has 1 aliphatic heterocycles. The van der Waals surface area contributed by atoms with Gasteiger partial charge in [-0.15, -0.1) is 21.5 Å². The molecule has 1 aliphatic rings. The van der Waals surface area contributed by atoms with Crippen LogP contribution in [0, 0.1) is 0 Å². The monoisotopic (exact) mass is 479 g/mol. The Morgan fingerprint density at radius 1 is 1.03 bits per heavy atom. The number of methoxy groups -OCH3 is 1. The zero-order chi connectivity index (χ0) is 23.9. The Balaban J connectivity index is 1.32. The van der Waals surface area contributed by atoms with Crippen molar-refractivity contribution in [1.82, 2.24) is 20.0 Å². The van der Waals surface area contributed by atoms with Crippen LogP contribution in [0.15, 0.2) is 53.9 Å². The van der Waals surface area contributed by atoms with E-state index < -0.39 is 0 Å². The minimum Gasteiger partial charge on any atom is -0.497 e. The average Bonchev–Trinajstić information content (AvgIpc) is 3.43. The Labute approximate surface area is 203 Å². The molecular weight excluding hydrogens is 450 g/mol. The molecule has 3 heterocycles. The highest BCUT2D eigenvalue weighted by Gasteiger charge is 2.26. The quantitative estimate of drug-likeness (QED) is 0.493. The predicted molar refractivity (Wildman–Crippen MR) is 133 cm³/mol. The maximum absolute atomic E-state index is 12.9. The fraction of sp³-hybridized carbons (Fsp3) is 0.360. The van der Waals surface area contributed by atoms with E-state index in [1.165, 1.54) is 11.3 Å². The van der Waals surface area contributed by atoms with Crippen molar-refractivity contribution in [2.75, 3.05) is 51.3 Å². The maximum Gasteiger partial charge on any atom is 0.264 e. The van der Waals surface area contributed by atoms with Crippen LogP contribution >= 0.6 is 11.3 Å². The third kappa shape index (κ3) is 5.53. The fourth-order valence-corrected chi connectivity index (χ4v) is 4.63. The first-order valence-electron chi connectivity index (χ1n) is 11.4. The number of benzene rings is 1. The highest BCUT2D eigenvalue weighted by Crippen LogP contribution is 2.22. The van der Waals surface area contributed by atoms with Crippen LogP contribution in [0.2, 0.25) is 0 Å². The van der Waals surface area contributed by atoms with E-state index in [9.17, 15) is 9.59 Å². The molecule has 0 spiro atoms. The molecule has 2 aromatic heterocycles. The second-order valence-corrected chi connectivity index (χ2v) is 9.02. The molecular formula is C25H29N5O3S. The zero-order valence-electron chi connectivity index (χ0n) is 19.5. The number of hydrogen-bond acceptors (Lipinski definition) is 7. The Kier molecular flexibility index (Phi) is 7.74. The number of carbonyl (C=O) groups is 2. The average molecular weight is 480 g/mol. The number of anilines is 1. The summed E-state index contributed by atoms with van der Waals surface area (Å²) < 4.78 is 5.20. The molecule has 0 radical (unpaired) electrons. The van der Waals surface area contributed by atoms with Gasteiger partial charge in [0.15, 0.2) is 5.82 Å². The van der Waals surface area contributed by atoms with Crippen LogP contribution in [0.5, 0.6) is 5.75 Å². The zero-order valence-corrected chi connectivity index (χ0v) is 20.3. The summed E-state index contributed by atoms with van der Waals surface area (Å²) >= 11 is 1.41. The van der Waals surface area contributed by atoms with E-state index in [0.717, 1.165) is 29.2 Å². The summed E-state index contributed by atoms with van der Waals surface area (Å²) in [5.41, 5.74) is 1.77. The number of hydrogen-bond donors (Lipinski definition) is 0. The summed E-state index contributed by atoms with van der Waals surface area (Å²) in [6, 6.07) is 15.3. The number of rotatable bonds is 8. The highest BCUT2D eigenvalue weighted by atomic mass is 32.1. The van der Waals surface area contributed by atoms with E-state index >= 15 is 0 Å². The van der Waals surface area contributed by atoms with E-state index in [1.807, 2.05) is 59.7 Å². The molecule has 0 unspecified atom stereocenters. The summed E-state index contributed by atoms with van der Waals surface area (Å²) in [5.74, 6) is 1.51. The summed E-state index contributed by atoms with van der Waals surface area (Å²) in [5, 5.41) is 10.7. The van der Waals surface area contributed by atoms with Crippen LogP contribution in [0.3, 0.4) is 0 Å². The molecule has 0 saturated carbocycles. The van der Waals surface area contributed by atoms with Gasteiger partial charge in [-0.1, -0.05) is 13.0 Å². The molecule has 1 aromatic carbocycles. The van der Waals surface area contributed by atoms with E-state index in [-0.39, 0.29) is 18.4 Å². The van der Waals surface area contributed by atoms with Crippen molar-refractivity contribution in [3.8, 4) is 17.0 Å². The first kappa shape index (κ1) is 23.7. The van der Waals surface area contributed by atoms with Crippen molar-refractivity contribution in [2.24, 2.45) is 0 Å². The Morgan fingerprint density at radius 3 is 2.38 bits per heavy atom. The van der Waals surface area contributed by atoms with Crippen molar-refractivity contribution in [3.05, 3.63) is 58.8 Å². The second kappa shape index (κ2) is 11.1. The van der Waals surface area contributed by atoms with Crippen molar-refractivity contribution in [2.45, 2.75) is 13.3 Å². The number of thiophene rings is 1.